The molecule has 0 unspecified atom stereocenters. The van der Waals surface area contributed by atoms with E-state index in [2.05, 4.69) is 16.0 Å². The molecule has 0 aliphatic rings. The number of nitrogens with zero attached hydrogens (tertiary/aromatic N) is 3. The lowest BCUT2D eigenvalue weighted by Gasteiger charge is -2.01. The van der Waals surface area contributed by atoms with E-state index < -0.39 is 5.97 Å². The van der Waals surface area contributed by atoms with Crippen molar-refractivity contribution in [2.75, 3.05) is 0 Å². The van der Waals surface area contributed by atoms with Gasteiger partial charge in [-0.25, -0.2) is 14.8 Å². The van der Waals surface area contributed by atoms with E-state index >= 15 is 0 Å². The summed E-state index contributed by atoms with van der Waals surface area (Å²) in [4.78, 5) is 19.4. The van der Waals surface area contributed by atoms with Crippen molar-refractivity contribution >= 4 is 11.6 Å². The molecule has 0 saturated carbocycles. The third-order valence-electron chi connectivity index (χ3n) is 3.10. The summed E-state index contributed by atoms with van der Waals surface area (Å²) in [6.45, 7) is 4.05. The summed E-state index contributed by atoms with van der Waals surface area (Å²) >= 11 is 0. The summed E-state index contributed by atoms with van der Waals surface area (Å²) in [6, 6.07) is 6.15. The van der Waals surface area contributed by atoms with Crippen LogP contribution in [0.3, 0.4) is 0 Å². The average Bonchev–Trinajstić information content (AvgIpc) is 2.80. The summed E-state index contributed by atoms with van der Waals surface area (Å²) in [5.74, 6) is -1.08. The Morgan fingerprint density at radius 2 is 1.90 bits per heavy atom. The van der Waals surface area contributed by atoms with E-state index in [1.165, 1.54) is 6.20 Å². The number of aromatic carboxylic acids is 1. The van der Waals surface area contributed by atoms with Crippen molar-refractivity contribution in [3.05, 3.63) is 53.6 Å². The lowest BCUT2D eigenvalue weighted by Crippen LogP contribution is -2.03. The summed E-state index contributed by atoms with van der Waals surface area (Å²) in [6.07, 6.45) is 4.97. The van der Waals surface area contributed by atoms with Crippen molar-refractivity contribution in [1.29, 1.82) is 0 Å². The maximum Gasteiger partial charge on any atom is 0.358 e. The normalized spacial score (nSPS) is 10.9. The topological polar surface area (TPSA) is 67.5 Å². The van der Waals surface area contributed by atoms with Gasteiger partial charge in [0.2, 0.25) is 0 Å². The second-order valence-corrected chi connectivity index (χ2v) is 4.81. The Balaban J connectivity index is 2.23. The Hall–Kier alpha value is -2.69. The highest BCUT2D eigenvalue weighted by atomic mass is 16.4. The van der Waals surface area contributed by atoms with Crippen LogP contribution >= 0.6 is 0 Å². The zero-order valence-electron chi connectivity index (χ0n) is 11.2. The number of fused-ring (bicyclic) bond motifs is 1. The minimum absolute atomic E-state index is 0.0388. The van der Waals surface area contributed by atoms with Crippen molar-refractivity contribution in [2.45, 2.75) is 13.8 Å². The molecular weight excluding hydrogens is 254 g/mol. The second-order valence-electron chi connectivity index (χ2n) is 4.81. The van der Waals surface area contributed by atoms with E-state index in [-0.39, 0.29) is 5.69 Å². The van der Waals surface area contributed by atoms with Crippen LogP contribution < -0.4 is 0 Å². The molecule has 0 aliphatic heterocycles. The smallest absolute Gasteiger partial charge is 0.358 e. The number of rotatable bonds is 2. The van der Waals surface area contributed by atoms with Crippen LogP contribution in [-0.4, -0.2) is 25.4 Å². The van der Waals surface area contributed by atoms with Gasteiger partial charge in [0, 0.05) is 24.2 Å². The molecule has 1 aromatic carbocycles. The third kappa shape index (κ3) is 2.03. The Bertz CT molecular complexity index is 801. The van der Waals surface area contributed by atoms with Gasteiger partial charge in [0.25, 0.3) is 0 Å². The molecule has 100 valence electrons. The molecule has 0 radical (unpaired) electrons. The predicted molar refractivity (Wildman–Crippen MR) is 74.9 cm³/mol. The number of carboxylic acid groups (broad SMARTS) is 1. The van der Waals surface area contributed by atoms with Gasteiger partial charge in [0.05, 0.1) is 5.69 Å². The van der Waals surface area contributed by atoms with E-state index in [1.54, 1.807) is 10.6 Å². The van der Waals surface area contributed by atoms with Gasteiger partial charge in [-0.1, -0.05) is 17.2 Å². The molecule has 3 rings (SSSR count). The molecule has 0 fully saturated rings. The molecule has 0 saturated heterocycles. The highest BCUT2D eigenvalue weighted by molar-refractivity contribution is 5.92. The molecule has 2 heterocycles. The van der Waals surface area contributed by atoms with Gasteiger partial charge in [-0.2, -0.15) is 0 Å². The largest absolute Gasteiger partial charge is 0.476 e. The summed E-state index contributed by atoms with van der Waals surface area (Å²) < 4.78 is 1.68. The number of aryl methyl sites for hydroxylation is 2. The standard InChI is InChI=1S/C15H13N3O2/c1-9-5-10(2)7-11(6-9)12-8-18-4-3-16-13(15(19)20)14(18)17-12/h3-8H,1-2H3,(H,19,20). The van der Waals surface area contributed by atoms with Crippen molar-refractivity contribution in [1.82, 2.24) is 14.4 Å². The molecule has 0 spiro atoms. The van der Waals surface area contributed by atoms with Crippen molar-refractivity contribution in [2.24, 2.45) is 0 Å². The molecule has 0 aliphatic carbocycles. The molecule has 20 heavy (non-hydrogen) atoms. The zero-order valence-corrected chi connectivity index (χ0v) is 11.2. The first-order chi connectivity index (χ1) is 9.54. The minimum atomic E-state index is -1.08. The highest BCUT2D eigenvalue weighted by Crippen LogP contribution is 2.22. The van der Waals surface area contributed by atoms with E-state index in [0.717, 1.165) is 22.4 Å². The molecular formula is C15H13N3O2. The lowest BCUT2D eigenvalue weighted by atomic mass is 10.1. The summed E-state index contributed by atoms with van der Waals surface area (Å²) in [5, 5.41) is 9.14. The molecule has 5 nitrogen and oxygen atoms in total. The number of carboxylic acids is 1. The second kappa shape index (κ2) is 4.45. The van der Waals surface area contributed by atoms with Crippen LogP contribution in [0.1, 0.15) is 21.6 Å². The fraction of sp³-hybridized carbons (Fsp3) is 0.133. The zero-order chi connectivity index (χ0) is 14.3. The van der Waals surface area contributed by atoms with E-state index in [9.17, 15) is 4.79 Å². The first-order valence-electron chi connectivity index (χ1n) is 6.20. The van der Waals surface area contributed by atoms with Crippen molar-refractivity contribution in [3.8, 4) is 11.3 Å². The van der Waals surface area contributed by atoms with E-state index in [1.807, 2.05) is 32.2 Å². The number of hydrogen-bond acceptors (Lipinski definition) is 3. The predicted octanol–water partition coefficient (Wildman–Crippen LogP) is 2.71. The van der Waals surface area contributed by atoms with E-state index in [4.69, 9.17) is 5.11 Å². The van der Waals surface area contributed by atoms with Crippen LogP contribution in [-0.2, 0) is 0 Å². The average molecular weight is 267 g/mol. The molecule has 1 N–H and O–H groups in total. The quantitative estimate of drug-likeness (QED) is 0.775. The Morgan fingerprint density at radius 1 is 1.20 bits per heavy atom. The van der Waals surface area contributed by atoms with Gasteiger partial charge in [-0.05, 0) is 26.0 Å². The van der Waals surface area contributed by atoms with Crippen LogP contribution in [0, 0.1) is 13.8 Å². The fourth-order valence-electron chi connectivity index (χ4n) is 2.33. The maximum atomic E-state index is 11.2. The highest BCUT2D eigenvalue weighted by Gasteiger charge is 2.14. The molecule has 0 amide bonds. The first-order valence-corrected chi connectivity index (χ1v) is 6.20. The van der Waals surface area contributed by atoms with Crippen molar-refractivity contribution in [3.63, 3.8) is 0 Å². The van der Waals surface area contributed by atoms with Crippen LogP contribution in [0.2, 0.25) is 0 Å². The third-order valence-corrected chi connectivity index (χ3v) is 3.10. The molecule has 3 aromatic rings. The first kappa shape index (κ1) is 12.3. The van der Waals surface area contributed by atoms with Gasteiger partial charge in [0.15, 0.2) is 11.3 Å². The van der Waals surface area contributed by atoms with Gasteiger partial charge in [-0.15, -0.1) is 0 Å². The monoisotopic (exact) mass is 267 g/mol. The fourth-order valence-corrected chi connectivity index (χ4v) is 2.33. The number of carbonyl (C=O) groups is 1. The van der Waals surface area contributed by atoms with Crippen LogP contribution in [0.15, 0.2) is 36.8 Å². The molecule has 5 heteroatoms. The lowest BCUT2D eigenvalue weighted by molar-refractivity contribution is 0.0692. The Labute approximate surface area is 115 Å². The van der Waals surface area contributed by atoms with Gasteiger partial charge in [-0.3, -0.25) is 0 Å². The number of aromatic nitrogens is 3. The van der Waals surface area contributed by atoms with Gasteiger partial charge in [0.1, 0.15) is 0 Å². The van der Waals surface area contributed by atoms with Crippen LogP contribution in [0.25, 0.3) is 16.9 Å². The Morgan fingerprint density at radius 3 is 2.55 bits per heavy atom. The number of imidazole rings is 1. The molecule has 0 atom stereocenters. The van der Waals surface area contributed by atoms with E-state index in [0.29, 0.717) is 5.65 Å². The summed E-state index contributed by atoms with van der Waals surface area (Å²) in [7, 11) is 0. The maximum absolute atomic E-state index is 11.2. The number of hydrogen-bond donors (Lipinski definition) is 1. The summed E-state index contributed by atoms with van der Waals surface area (Å²) in [5.41, 5.74) is 4.33. The van der Waals surface area contributed by atoms with Crippen LogP contribution in [0.4, 0.5) is 0 Å². The molecule has 2 aromatic heterocycles. The number of benzene rings is 1. The SMILES string of the molecule is Cc1cc(C)cc(-c2cn3ccnc(C(=O)O)c3n2)c1. The Kier molecular flexibility index (Phi) is 2.75. The molecule has 0 bridgehead atoms. The van der Waals surface area contributed by atoms with Crippen molar-refractivity contribution < 1.29 is 9.90 Å². The van der Waals surface area contributed by atoms with Crippen LogP contribution in [0.5, 0.6) is 0 Å². The minimum Gasteiger partial charge on any atom is -0.476 e. The van der Waals surface area contributed by atoms with Gasteiger partial charge < -0.3 is 9.51 Å². The van der Waals surface area contributed by atoms with Gasteiger partial charge >= 0.3 is 5.97 Å².